The minimum absolute atomic E-state index is 0.0976. The molecule has 0 spiro atoms. The maximum absolute atomic E-state index is 2.94. The molecule has 1 aliphatic heterocycles. The molecular weight excluding hydrogens is 741 g/mol. The lowest BCUT2D eigenvalue weighted by molar-refractivity contribution is 0.642. The number of para-hydroxylation sites is 2. The standard InChI is InChI=1S/C57H44N2Si/c1-57(2)50-30-15-12-27-45(50)47-34-36-54-55(56(47)57)48-29-14-17-32-52(48)59(54)40-21-18-26-43(37-40)60(41-22-8-4-9-23-41,42-24-10-5-11-25-42)44-33-35-53-49(38-44)46-28-13-16-31-51(46)58(53)39-19-6-3-7-20-39/h3-38,48,52H,1-2H3. The molecule has 2 atom stereocenters. The zero-order valence-corrected chi connectivity index (χ0v) is 34.8. The van der Waals surface area contributed by atoms with E-state index in [9.17, 15) is 0 Å². The van der Waals surface area contributed by atoms with Crippen LogP contribution in [0.3, 0.4) is 0 Å². The lowest BCUT2D eigenvalue weighted by Crippen LogP contribution is -2.74. The van der Waals surface area contributed by atoms with Crippen molar-refractivity contribution >= 4 is 62.0 Å². The Bertz CT molecular complexity index is 3150. The van der Waals surface area contributed by atoms with Gasteiger partial charge in [0.15, 0.2) is 8.07 Å². The summed E-state index contributed by atoms with van der Waals surface area (Å²) in [6.07, 6.45) is 9.38. The third-order valence-corrected chi connectivity index (χ3v) is 18.6. The van der Waals surface area contributed by atoms with Gasteiger partial charge in [0, 0.05) is 39.2 Å². The molecule has 2 aliphatic carbocycles. The van der Waals surface area contributed by atoms with Gasteiger partial charge >= 0.3 is 0 Å². The van der Waals surface area contributed by atoms with Gasteiger partial charge < -0.3 is 9.47 Å². The molecule has 1 aromatic heterocycles. The molecule has 2 nitrogen and oxygen atoms in total. The summed E-state index contributed by atoms with van der Waals surface area (Å²) in [6, 6.07) is 73.4. The van der Waals surface area contributed by atoms with Crippen LogP contribution in [0, 0.1) is 0 Å². The second kappa shape index (κ2) is 13.3. The number of hydrogen-bond donors (Lipinski definition) is 0. The van der Waals surface area contributed by atoms with Gasteiger partial charge in [0.2, 0.25) is 0 Å². The molecule has 3 heteroatoms. The predicted molar refractivity (Wildman–Crippen MR) is 255 cm³/mol. The van der Waals surface area contributed by atoms with Crippen molar-refractivity contribution in [3.63, 3.8) is 0 Å². The number of nitrogens with zero attached hydrogens (tertiary/aromatic N) is 2. The fourth-order valence-electron chi connectivity index (χ4n) is 11.4. The van der Waals surface area contributed by atoms with Crippen LogP contribution < -0.4 is 25.6 Å². The molecule has 2 unspecified atom stereocenters. The maximum Gasteiger partial charge on any atom is 0.179 e. The first kappa shape index (κ1) is 35.0. The Morgan fingerprint density at radius 1 is 0.467 bits per heavy atom. The average molecular weight is 785 g/mol. The lowest BCUT2D eigenvalue weighted by Gasteiger charge is -2.36. The van der Waals surface area contributed by atoms with Crippen LogP contribution in [-0.4, -0.2) is 18.7 Å². The Hall–Kier alpha value is -6.94. The Morgan fingerprint density at radius 2 is 1.08 bits per heavy atom. The number of fused-ring (bicyclic) bond motifs is 10. The van der Waals surface area contributed by atoms with Crippen molar-refractivity contribution in [1.29, 1.82) is 0 Å². The fraction of sp³-hybridized carbons (Fsp3) is 0.0877. The zero-order valence-electron chi connectivity index (χ0n) is 33.8. The van der Waals surface area contributed by atoms with E-state index >= 15 is 0 Å². The summed E-state index contributed by atoms with van der Waals surface area (Å²) in [5.74, 6) is 0.256. The third-order valence-electron chi connectivity index (χ3n) is 13.8. The van der Waals surface area contributed by atoms with E-state index in [1.807, 2.05) is 0 Å². The molecule has 12 rings (SSSR count). The summed E-state index contributed by atoms with van der Waals surface area (Å²) in [7, 11) is -2.94. The smallest absolute Gasteiger partial charge is 0.179 e. The molecule has 0 saturated carbocycles. The van der Waals surface area contributed by atoms with E-state index in [1.54, 1.807) is 0 Å². The van der Waals surface area contributed by atoms with Crippen LogP contribution in [0.15, 0.2) is 218 Å². The van der Waals surface area contributed by atoms with E-state index in [-0.39, 0.29) is 17.4 Å². The van der Waals surface area contributed by atoms with Crippen LogP contribution in [0.2, 0.25) is 0 Å². The molecule has 2 heterocycles. The summed E-state index contributed by atoms with van der Waals surface area (Å²) in [5.41, 5.74) is 13.2. The Kier molecular flexibility index (Phi) is 7.76. The molecule has 0 N–H and O–H groups in total. The lowest BCUT2D eigenvalue weighted by atomic mass is 9.76. The molecule has 3 aliphatic rings. The molecule has 286 valence electrons. The summed E-state index contributed by atoms with van der Waals surface area (Å²) >= 11 is 0. The number of aromatic nitrogens is 1. The number of anilines is 2. The van der Waals surface area contributed by atoms with E-state index in [1.165, 1.54) is 87.4 Å². The third kappa shape index (κ3) is 4.87. The fourth-order valence-corrected chi connectivity index (χ4v) is 16.1. The van der Waals surface area contributed by atoms with Gasteiger partial charge in [-0.25, -0.2) is 0 Å². The highest BCUT2D eigenvalue weighted by molar-refractivity contribution is 7.20. The van der Waals surface area contributed by atoms with Gasteiger partial charge in [-0.15, -0.1) is 0 Å². The van der Waals surface area contributed by atoms with Crippen molar-refractivity contribution in [2.45, 2.75) is 31.2 Å². The van der Waals surface area contributed by atoms with Crippen molar-refractivity contribution in [3.05, 3.63) is 235 Å². The Labute approximate surface area is 353 Å². The van der Waals surface area contributed by atoms with Crippen LogP contribution in [0.1, 0.15) is 36.5 Å². The van der Waals surface area contributed by atoms with Gasteiger partial charge in [-0.2, -0.15) is 0 Å². The topological polar surface area (TPSA) is 8.17 Å². The number of allylic oxidation sites excluding steroid dienone is 2. The first-order chi connectivity index (χ1) is 29.5. The first-order valence-electron chi connectivity index (χ1n) is 21.3. The molecule has 9 aromatic rings. The molecule has 0 fully saturated rings. The highest BCUT2D eigenvalue weighted by Crippen LogP contribution is 2.58. The molecule has 0 amide bonds. The monoisotopic (exact) mass is 784 g/mol. The molecule has 8 aromatic carbocycles. The molecule has 60 heavy (non-hydrogen) atoms. The minimum atomic E-state index is -2.94. The molecule has 0 bridgehead atoms. The van der Waals surface area contributed by atoms with Crippen molar-refractivity contribution in [1.82, 2.24) is 4.57 Å². The number of rotatable bonds is 6. The van der Waals surface area contributed by atoms with Crippen molar-refractivity contribution < 1.29 is 0 Å². The normalized spacial score (nSPS) is 17.1. The van der Waals surface area contributed by atoms with Gasteiger partial charge in [-0.1, -0.05) is 190 Å². The second-order valence-corrected chi connectivity index (χ2v) is 21.0. The van der Waals surface area contributed by atoms with Crippen LogP contribution in [0.5, 0.6) is 0 Å². The number of benzene rings is 8. The average Bonchev–Trinajstić information content (AvgIpc) is 3.91. The van der Waals surface area contributed by atoms with Gasteiger partial charge in [0.1, 0.15) is 0 Å². The van der Waals surface area contributed by atoms with Crippen LogP contribution >= 0.6 is 0 Å². The predicted octanol–water partition coefficient (Wildman–Crippen LogP) is 11.2. The van der Waals surface area contributed by atoms with Crippen LogP contribution in [0.4, 0.5) is 11.4 Å². The molecular formula is C57H44N2Si. The van der Waals surface area contributed by atoms with Crippen molar-refractivity contribution in [3.8, 4) is 16.8 Å². The van der Waals surface area contributed by atoms with Gasteiger partial charge in [-0.3, -0.25) is 0 Å². The molecule has 0 radical (unpaired) electrons. The van der Waals surface area contributed by atoms with Crippen molar-refractivity contribution in [2.24, 2.45) is 0 Å². The summed E-state index contributed by atoms with van der Waals surface area (Å²) in [6.45, 7) is 4.85. The van der Waals surface area contributed by atoms with Gasteiger partial charge in [0.05, 0.1) is 17.1 Å². The van der Waals surface area contributed by atoms with Crippen molar-refractivity contribution in [2.75, 3.05) is 4.90 Å². The first-order valence-corrected chi connectivity index (χ1v) is 23.3. The van der Waals surface area contributed by atoms with E-state index in [2.05, 4.69) is 242 Å². The summed E-state index contributed by atoms with van der Waals surface area (Å²) < 4.78 is 2.42. The number of hydrogen-bond acceptors (Lipinski definition) is 1. The molecule has 0 saturated heterocycles. The van der Waals surface area contributed by atoms with Gasteiger partial charge in [0.25, 0.3) is 0 Å². The quantitative estimate of drug-likeness (QED) is 0.120. The minimum Gasteiger partial charge on any atom is -0.333 e. The van der Waals surface area contributed by atoms with E-state index in [4.69, 9.17) is 0 Å². The summed E-state index contributed by atoms with van der Waals surface area (Å²) in [5, 5.41) is 8.04. The largest absolute Gasteiger partial charge is 0.333 e. The maximum atomic E-state index is 2.65. The second-order valence-electron chi connectivity index (χ2n) is 17.2. The highest BCUT2D eigenvalue weighted by atomic mass is 28.3. The summed E-state index contributed by atoms with van der Waals surface area (Å²) in [4.78, 5) is 2.65. The zero-order chi connectivity index (χ0) is 40.0. The SMILES string of the molecule is CC1(C)c2ccccc2-c2ccc3c(c21)C1C=CC=CC1N3c1cccc([Si](c2ccccc2)(c2ccccc2)c2ccc3c(c2)c2ccccc2n3-c2ccccc2)c1. The van der Waals surface area contributed by atoms with Gasteiger partial charge in [-0.05, 0) is 91.0 Å². The highest BCUT2D eigenvalue weighted by Gasteiger charge is 2.47. The Morgan fingerprint density at radius 3 is 1.87 bits per heavy atom. The van der Waals surface area contributed by atoms with E-state index < -0.39 is 8.07 Å². The van der Waals surface area contributed by atoms with E-state index in [0.29, 0.717) is 0 Å². The van der Waals surface area contributed by atoms with Crippen LogP contribution in [-0.2, 0) is 5.41 Å². The Balaban J connectivity index is 1.11. The van der Waals surface area contributed by atoms with Crippen LogP contribution in [0.25, 0.3) is 38.6 Å². The van der Waals surface area contributed by atoms with E-state index in [0.717, 1.165) is 0 Å².